The number of aryl methyl sites for hydroxylation is 1. The predicted molar refractivity (Wildman–Crippen MR) is 114 cm³/mol. The molecule has 0 saturated heterocycles. The topological polar surface area (TPSA) is 68.5 Å². The summed E-state index contributed by atoms with van der Waals surface area (Å²) in [6.07, 6.45) is 0.487. The molecule has 1 N–H and O–H groups in total. The van der Waals surface area contributed by atoms with Gasteiger partial charge in [-0.25, -0.2) is 4.79 Å². The summed E-state index contributed by atoms with van der Waals surface area (Å²) in [6.45, 7) is 0.364. The average molecular weight is 453 g/mol. The highest BCUT2D eigenvalue weighted by molar-refractivity contribution is 6.34. The van der Waals surface area contributed by atoms with Crippen molar-refractivity contribution in [2.75, 3.05) is 0 Å². The van der Waals surface area contributed by atoms with Gasteiger partial charge in [0, 0.05) is 11.6 Å². The van der Waals surface area contributed by atoms with Crippen LogP contribution < -0.4 is 10.3 Å². The lowest BCUT2D eigenvalue weighted by Crippen LogP contribution is -2.26. The molecular weight excluding hydrogens is 437 g/mol. The van der Waals surface area contributed by atoms with Crippen molar-refractivity contribution in [3.8, 4) is 5.75 Å². The van der Waals surface area contributed by atoms with E-state index < -0.39 is 5.97 Å². The minimum Gasteiger partial charge on any atom is -0.487 e. The van der Waals surface area contributed by atoms with Crippen molar-refractivity contribution in [3.05, 3.63) is 96.8 Å². The molecule has 0 unspecified atom stereocenters. The molecule has 0 spiro atoms. The highest BCUT2D eigenvalue weighted by Crippen LogP contribution is 2.23. The largest absolute Gasteiger partial charge is 0.487 e. The molecule has 0 radical (unpaired) electrons. The molecule has 1 heterocycles. The first-order valence-corrected chi connectivity index (χ1v) is 9.77. The summed E-state index contributed by atoms with van der Waals surface area (Å²) >= 11 is 18.3. The normalized spacial score (nSPS) is 10.7. The molecule has 3 aromatic rings. The zero-order valence-electron chi connectivity index (χ0n) is 15.1. The standard InChI is InChI=1S/C21H16Cl3NO4/c22-15-2-1-3-16(10-15)29-12-19-17(23)11-18(24)20(26)25(19)9-8-13-4-6-14(7-5-13)21(27)28/h1-7,10-11H,8-9,12H2,(H,27,28). The number of aromatic nitrogens is 1. The summed E-state index contributed by atoms with van der Waals surface area (Å²) in [5.74, 6) is -0.443. The van der Waals surface area contributed by atoms with Gasteiger partial charge in [0.15, 0.2) is 0 Å². The van der Waals surface area contributed by atoms with Gasteiger partial charge in [-0.1, -0.05) is 53.0 Å². The Morgan fingerprint density at radius 1 is 1.00 bits per heavy atom. The van der Waals surface area contributed by atoms with E-state index in [1.54, 1.807) is 36.4 Å². The number of pyridine rings is 1. The van der Waals surface area contributed by atoms with Gasteiger partial charge in [-0.2, -0.15) is 0 Å². The van der Waals surface area contributed by atoms with Gasteiger partial charge in [0.1, 0.15) is 17.4 Å². The summed E-state index contributed by atoms with van der Waals surface area (Å²) in [5, 5.41) is 9.86. The second-order valence-corrected chi connectivity index (χ2v) is 7.49. The first kappa shape index (κ1) is 21.2. The SMILES string of the molecule is O=C(O)c1ccc(CCn2c(COc3cccc(Cl)c3)c(Cl)cc(Cl)c2=O)cc1. The quantitative estimate of drug-likeness (QED) is 0.526. The molecule has 0 bridgehead atoms. The number of carboxylic acids is 1. The monoisotopic (exact) mass is 451 g/mol. The van der Waals surface area contributed by atoms with Gasteiger partial charge in [0.2, 0.25) is 0 Å². The van der Waals surface area contributed by atoms with Crippen molar-refractivity contribution < 1.29 is 14.6 Å². The predicted octanol–water partition coefficient (Wildman–Crippen LogP) is 5.33. The lowest BCUT2D eigenvalue weighted by molar-refractivity contribution is 0.0697. The molecule has 5 nitrogen and oxygen atoms in total. The van der Waals surface area contributed by atoms with Crippen molar-refractivity contribution in [3.63, 3.8) is 0 Å². The van der Waals surface area contributed by atoms with Gasteiger partial charge in [0.25, 0.3) is 5.56 Å². The van der Waals surface area contributed by atoms with Gasteiger partial charge in [-0.3, -0.25) is 4.79 Å². The highest BCUT2D eigenvalue weighted by Gasteiger charge is 2.14. The third kappa shape index (κ3) is 5.32. The van der Waals surface area contributed by atoms with E-state index in [0.717, 1.165) is 5.56 Å². The zero-order chi connectivity index (χ0) is 21.0. The number of hydrogen-bond acceptors (Lipinski definition) is 3. The molecule has 0 atom stereocenters. The van der Waals surface area contributed by atoms with Crippen LogP contribution in [0, 0.1) is 0 Å². The van der Waals surface area contributed by atoms with Crippen LogP contribution in [0.2, 0.25) is 15.1 Å². The minimum absolute atomic E-state index is 0.0164. The molecule has 3 rings (SSSR count). The molecular formula is C21H16Cl3NO4. The minimum atomic E-state index is -0.991. The Hall–Kier alpha value is -2.47. The second-order valence-electron chi connectivity index (χ2n) is 6.24. The van der Waals surface area contributed by atoms with Crippen LogP contribution in [0.3, 0.4) is 0 Å². The van der Waals surface area contributed by atoms with Crippen molar-refractivity contribution in [1.82, 2.24) is 4.57 Å². The maximum Gasteiger partial charge on any atom is 0.335 e. The van der Waals surface area contributed by atoms with E-state index in [1.165, 1.54) is 22.8 Å². The van der Waals surface area contributed by atoms with Crippen LogP contribution in [0.4, 0.5) is 0 Å². The van der Waals surface area contributed by atoms with E-state index in [4.69, 9.17) is 44.6 Å². The molecule has 1 aromatic heterocycles. The van der Waals surface area contributed by atoms with Gasteiger partial charge < -0.3 is 14.4 Å². The molecule has 150 valence electrons. The Balaban J connectivity index is 1.82. The van der Waals surface area contributed by atoms with Gasteiger partial charge in [-0.05, 0) is 48.4 Å². The maximum absolute atomic E-state index is 12.6. The highest BCUT2D eigenvalue weighted by atomic mass is 35.5. The van der Waals surface area contributed by atoms with Crippen molar-refractivity contribution in [1.29, 1.82) is 0 Å². The van der Waals surface area contributed by atoms with Gasteiger partial charge in [-0.15, -0.1) is 0 Å². The Labute approximate surface area is 182 Å². The Kier molecular flexibility index (Phi) is 6.85. The Bertz CT molecular complexity index is 1090. The Morgan fingerprint density at radius 2 is 1.72 bits per heavy atom. The summed E-state index contributed by atoms with van der Waals surface area (Å²) < 4.78 is 7.22. The van der Waals surface area contributed by atoms with Crippen molar-refractivity contribution in [2.45, 2.75) is 19.6 Å². The summed E-state index contributed by atoms with van der Waals surface area (Å²) in [7, 11) is 0. The third-order valence-electron chi connectivity index (χ3n) is 4.30. The number of hydrogen-bond donors (Lipinski definition) is 1. The summed E-state index contributed by atoms with van der Waals surface area (Å²) in [6, 6.07) is 14.8. The molecule has 0 saturated carbocycles. The first-order chi connectivity index (χ1) is 13.8. The third-order valence-corrected chi connectivity index (χ3v) is 5.13. The van der Waals surface area contributed by atoms with Crippen LogP contribution >= 0.6 is 34.8 Å². The molecule has 0 amide bonds. The summed E-state index contributed by atoms with van der Waals surface area (Å²) in [5.41, 5.74) is 1.19. The smallest absolute Gasteiger partial charge is 0.335 e. The fourth-order valence-corrected chi connectivity index (χ4v) is 3.50. The van der Waals surface area contributed by atoms with E-state index in [9.17, 15) is 9.59 Å². The van der Waals surface area contributed by atoms with E-state index >= 15 is 0 Å². The first-order valence-electron chi connectivity index (χ1n) is 8.63. The fourth-order valence-electron chi connectivity index (χ4n) is 2.78. The van der Waals surface area contributed by atoms with E-state index in [-0.39, 0.29) is 22.8 Å². The molecule has 29 heavy (non-hydrogen) atoms. The number of carbonyl (C=O) groups is 1. The van der Waals surface area contributed by atoms with Crippen molar-refractivity contribution >= 4 is 40.8 Å². The molecule has 0 aliphatic heterocycles. The average Bonchev–Trinajstić information content (AvgIpc) is 2.69. The zero-order valence-corrected chi connectivity index (χ0v) is 17.3. The number of aromatic carboxylic acids is 1. The molecule has 0 aliphatic carbocycles. The van der Waals surface area contributed by atoms with Gasteiger partial charge in [0.05, 0.1) is 16.3 Å². The van der Waals surface area contributed by atoms with Crippen LogP contribution in [0.25, 0.3) is 0 Å². The van der Waals surface area contributed by atoms with Gasteiger partial charge >= 0.3 is 5.97 Å². The van der Waals surface area contributed by atoms with E-state index in [0.29, 0.717) is 34.5 Å². The number of rotatable bonds is 7. The fraction of sp³-hybridized carbons (Fsp3) is 0.143. The summed E-state index contributed by atoms with van der Waals surface area (Å²) in [4.78, 5) is 23.6. The molecule has 0 fully saturated rings. The molecule has 8 heteroatoms. The van der Waals surface area contributed by atoms with E-state index in [1.807, 2.05) is 0 Å². The number of ether oxygens (including phenoxy) is 1. The second kappa shape index (κ2) is 9.35. The van der Waals surface area contributed by atoms with Crippen molar-refractivity contribution in [2.24, 2.45) is 0 Å². The van der Waals surface area contributed by atoms with E-state index in [2.05, 4.69) is 0 Å². The maximum atomic E-state index is 12.6. The lowest BCUT2D eigenvalue weighted by Gasteiger charge is -2.16. The van der Waals surface area contributed by atoms with Crippen LogP contribution in [-0.2, 0) is 19.6 Å². The Morgan fingerprint density at radius 3 is 2.38 bits per heavy atom. The molecule has 2 aromatic carbocycles. The molecule has 0 aliphatic rings. The number of benzene rings is 2. The van der Waals surface area contributed by atoms with Crippen LogP contribution in [0.1, 0.15) is 21.6 Å². The number of halogens is 3. The number of carboxylic acid groups (broad SMARTS) is 1. The van der Waals surface area contributed by atoms with Crippen LogP contribution in [0.5, 0.6) is 5.75 Å². The number of nitrogens with zero attached hydrogens (tertiary/aromatic N) is 1. The van der Waals surface area contributed by atoms with Crippen LogP contribution in [0.15, 0.2) is 59.4 Å². The lowest BCUT2D eigenvalue weighted by atomic mass is 10.1. The van der Waals surface area contributed by atoms with Crippen LogP contribution in [-0.4, -0.2) is 15.6 Å².